The maximum absolute atomic E-state index is 12.2. The maximum Gasteiger partial charge on any atom is 0.240 e. The van der Waals surface area contributed by atoms with Crippen molar-refractivity contribution in [3.63, 3.8) is 0 Å². The minimum absolute atomic E-state index is 0.0211. The van der Waals surface area contributed by atoms with Crippen LogP contribution in [0.25, 0.3) is 0 Å². The van der Waals surface area contributed by atoms with Gasteiger partial charge in [-0.2, -0.15) is 0 Å². The van der Waals surface area contributed by atoms with Crippen molar-refractivity contribution < 1.29 is 4.79 Å². The molecule has 1 aromatic carbocycles. The van der Waals surface area contributed by atoms with Gasteiger partial charge in [-0.25, -0.2) is 0 Å². The molecule has 3 nitrogen and oxygen atoms in total. The molecule has 18 heavy (non-hydrogen) atoms. The first kappa shape index (κ1) is 13.6. The molecule has 0 radical (unpaired) electrons. The molecule has 1 aromatic rings. The fraction of sp³-hybridized carbons (Fsp3) is 0.500. The highest BCUT2D eigenvalue weighted by Gasteiger charge is 2.44. The van der Waals surface area contributed by atoms with E-state index in [0.29, 0.717) is 5.92 Å². The van der Waals surface area contributed by atoms with Crippen molar-refractivity contribution in [2.75, 3.05) is 0 Å². The molecule has 0 bridgehead atoms. The zero-order valence-electron chi connectivity index (χ0n) is 10.7. The number of benzene rings is 1. The van der Waals surface area contributed by atoms with Crippen LogP contribution < -0.4 is 11.1 Å². The van der Waals surface area contributed by atoms with Crippen LogP contribution in [0.15, 0.2) is 28.7 Å². The Kier molecular flexibility index (Phi) is 3.78. The number of carbonyl (C=O) groups is 1. The predicted molar refractivity (Wildman–Crippen MR) is 76.0 cm³/mol. The summed E-state index contributed by atoms with van der Waals surface area (Å²) in [5, 5.41) is 3.00. The Morgan fingerprint density at radius 1 is 1.44 bits per heavy atom. The number of carbonyl (C=O) groups excluding carboxylic acids is 1. The summed E-state index contributed by atoms with van der Waals surface area (Å²) in [4.78, 5) is 12.2. The Bertz CT molecular complexity index is 438. The highest BCUT2D eigenvalue weighted by atomic mass is 79.9. The fourth-order valence-electron chi connectivity index (χ4n) is 2.06. The van der Waals surface area contributed by atoms with Gasteiger partial charge in [0.25, 0.3) is 0 Å². The van der Waals surface area contributed by atoms with Crippen molar-refractivity contribution in [3.05, 3.63) is 34.3 Å². The molecule has 0 spiro atoms. The van der Waals surface area contributed by atoms with Crippen molar-refractivity contribution in [2.24, 2.45) is 11.7 Å². The number of halogens is 1. The lowest BCUT2D eigenvalue weighted by Gasteiger charge is -2.26. The lowest BCUT2D eigenvalue weighted by atomic mass is 9.95. The summed E-state index contributed by atoms with van der Waals surface area (Å²) in [6.45, 7) is 3.80. The number of hydrogen-bond donors (Lipinski definition) is 2. The van der Waals surface area contributed by atoms with E-state index in [4.69, 9.17) is 5.73 Å². The topological polar surface area (TPSA) is 55.1 Å². The Hall–Kier alpha value is -0.870. The van der Waals surface area contributed by atoms with Crippen LogP contribution in [-0.4, -0.2) is 11.4 Å². The van der Waals surface area contributed by atoms with Gasteiger partial charge in [0, 0.05) is 4.47 Å². The van der Waals surface area contributed by atoms with Gasteiger partial charge in [-0.05, 0) is 50.3 Å². The smallest absolute Gasteiger partial charge is 0.240 e. The first-order valence-corrected chi connectivity index (χ1v) is 7.06. The van der Waals surface area contributed by atoms with Gasteiger partial charge in [0.15, 0.2) is 0 Å². The largest absolute Gasteiger partial charge is 0.348 e. The highest BCUT2D eigenvalue weighted by molar-refractivity contribution is 9.10. The van der Waals surface area contributed by atoms with E-state index >= 15 is 0 Å². The van der Waals surface area contributed by atoms with Crippen LogP contribution in [-0.2, 0) is 4.79 Å². The molecule has 0 heterocycles. The lowest BCUT2D eigenvalue weighted by Crippen LogP contribution is -2.53. The molecule has 1 aliphatic rings. The quantitative estimate of drug-likeness (QED) is 0.898. The predicted octanol–water partition coefficient (Wildman–Crippen LogP) is 2.75. The Balaban J connectivity index is 2.00. The second-order valence-electron chi connectivity index (χ2n) is 5.30. The summed E-state index contributed by atoms with van der Waals surface area (Å²) in [7, 11) is 0. The molecule has 1 fully saturated rings. The van der Waals surface area contributed by atoms with Gasteiger partial charge < -0.3 is 11.1 Å². The molecule has 98 valence electrons. The standard InChI is InChI=1S/C14H19BrN2O/c1-9(10-3-7-12(15)8-4-10)17-13(18)14(2,16)11-5-6-11/h3-4,7-9,11H,5-6,16H2,1-2H3,(H,17,18)/t9-,14?/m1/s1. The summed E-state index contributed by atoms with van der Waals surface area (Å²) < 4.78 is 1.03. The molecule has 1 unspecified atom stereocenters. The maximum atomic E-state index is 12.2. The van der Waals surface area contributed by atoms with Crippen molar-refractivity contribution in [1.82, 2.24) is 5.32 Å². The van der Waals surface area contributed by atoms with Gasteiger partial charge in [0.05, 0.1) is 11.6 Å². The Morgan fingerprint density at radius 2 is 2.00 bits per heavy atom. The van der Waals surface area contributed by atoms with Gasteiger partial charge in [-0.3, -0.25) is 4.79 Å². The molecule has 2 rings (SSSR count). The number of nitrogens with one attached hydrogen (secondary N) is 1. The third kappa shape index (κ3) is 2.93. The lowest BCUT2D eigenvalue weighted by molar-refractivity contribution is -0.127. The third-order valence-electron chi connectivity index (χ3n) is 3.63. The second-order valence-corrected chi connectivity index (χ2v) is 6.22. The van der Waals surface area contributed by atoms with E-state index in [1.54, 1.807) is 0 Å². The van der Waals surface area contributed by atoms with Gasteiger partial charge in [-0.1, -0.05) is 28.1 Å². The molecule has 4 heteroatoms. The van der Waals surface area contributed by atoms with Crippen LogP contribution in [0.4, 0.5) is 0 Å². The summed E-state index contributed by atoms with van der Waals surface area (Å²) in [5.74, 6) is 0.287. The molecular weight excluding hydrogens is 292 g/mol. The summed E-state index contributed by atoms with van der Waals surface area (Å²) in [5.41, 5.74) is 6.45. The van der Waals surface area contributed by atoms with E-state index in [9.17, 15) is 4.79 Å². The number of nitrogens with two attached hydrogens (primary N) is 1. The first-order valence-electron chi connectivity index (χ1n) is 6.26. The average molecular weight is 311 g/mol. The molecule has 3 N–H and O–H groups in total. The monoisotopic (exact) mass is 310 g/mol. The number of rotatable bonds is 4. The molecule has 1 aliphatic carbocycles. The SMILES string of the molecule is C[C@@H](NC(=O)C(C)(N)C1CC1)c1ccc(Br)cc1. The van der Waals surface area contributed by atoms with Crippen LogP contribution in [0.2, 0.25) is 0 Å². The van der Waals surface area contributed by atoms with Crippen molar-refractivity contribution in [1.29, 1.82) is 0 Å². The van der Waals surface area contributed by atoms with Crippen molar-refractivity contribution in [3.8, 4) is 0 Å². The van der Waals surface area contributed by atoms with E-state index in [0.717, 1.165) is 22.9 Å². The Morgan fingerprint density at radius 3 is 2.50 bits per heavy atom. The molecule has 0 saturated heterocycles. The molecule has 0 aromatic heterocycles. The van der Waals surface area contributed by atoms with Gasteiger partial charge >= 0.3 is 0 Å². The van der Waals surface area contributed by atoms with E-state index < -0.39 is 5.54 Å². The van der Waals surface area contributed by atoms with Gasteiger partial charge in [0.1, 0.15) is 0 Å². The van der Waals surface area contributed by atoms with E-state index in [1.807, 2.05) is 38.1 Å². The summed E-state index contributed by atoms with van der Waals surface area (Å²) in [6.07, 6.45) is 2.13. The second kappa shape index (κ2) is 5.02. The summed E-state index contributed by atoms with van der Waals surface area (Å²) >= 11 is 3.40. The van der Waals surface area contributed by atoms with Crippen LogP contribution in [0, 0.1) is 5.92 Å². The van der Waals surface area contributed by atoms with Crippen molar-refractivity contribution in [2.45, 2.75) is 38.3 Å². The normalized spacial score (nSPS) is 20.0. The minimum atomic E-state index is -0.733. The van der Waals surface area contributed by atoms with E-state index in [1.165, 1.54) is 0 Å². The van der Waals surface area contributed by atoms with Gasteiger partial charge in [0.2, 0.25) is 5.91 Å². The van der Waals surface area contributed by atoms with Crippen molar-refractivity contribution >= 4 is 21.8 Å². The van der Waals surface area contributed by atoms with Crippen LogP contribution >= 0.6 is 15.9 Å². The molecule has 1 saturated carbocycles. The number of hydrogen-bond acceptors (Lipinski definition) is 2. The first-order chi connectivity index (χ1) is 8.41. The molecule has 0 aliphatic heterocycles. The molecule has 1 amide bonds. The zero-order chi connectivity index (χ0) is 13.3. The Labute approximate surface area is 116 Å². The van der Waals surface area contributed by atoms with E-state index in [2.05, 4.69) is 21.2 Å². The van der Waals surface area contributed by atoms with Crippen LogP contribution in [0.1, 0.15) is 38.3 Å². The van der Waals surface area contributed by atoms with Gasteiger partial charge in [-0.15, -0.1) is 0 Å². The highest BCUT2D eigenvalue weighted by Crippen LogP contribution is 2.38. The van der Waals surface area contributed by atoms with Crippen LogP contribution in [0.5, 0.6) is 0 Å². The minimum Gasteiger partial charge on any atom is -0.348 e. The average Bonchev–Trinajstić information content (AvgIpc) is 3.13. The van der Waals surface area contributed by atoms with Crippen LogP contribution in [0.3, 0.4) is 0 Å². The zero-order valence-corrected chi connectivity index (χ0v) is 12.3. The fourth-order valence-corrected chi connectivity index (χ4v) is 2.32. The molecule has 2 atom stereocenters. The molecular formula is C14H19BrN2O. The summed E-state index contributed by atoms with van der Waals surface area (Å²) in [6, 6.07) is 7.92. The van der Waals surface area contributed by atoms with E-state index in [-0.39, 0.29) is 11.9 Å². The number of amides is 1. The third-order valence-corrected chi connectivity index (χ3v) is 4.16.